The summed E-state index contributed by atoms with van der Waals surface area (Å²) in [6.45, 7) is 4.55. The fraction of sp³-hybridized carbons (Fsp3) is 0.846. The Balaban J connectivity index is 2.15. The summed E-state index contributed by atoms with van der Waals surface area (Å²) >= 11 is 0. The van der Waals surface area contributed by atoms with Gasteiger partial charge in [0.25, 0.3) is 0 Å². The summed E-state index contributed by atoms with van der Waals surface area (Å²) in [6, 6.07) is -0.262. The van der Waals surface area contributed by atoms with Crippen LogP contribution in [-0.2, 0) is 4.79 Å². The van der Waals surface area contributed by atoms with Crippen molar-refractivity contribution >= 4 is 12.0 Å². The number of aliphatic hydroxyl groups is 1. The van der Waals surface area contributed by atoms with Gasteiger partial charge >= 0.3 is 12.0 Å². The van der Waals surface area contributed by atoms with Gasteiger partial charge in [0.05, 0.1) is 12.1 Å². The molecular weight excluding hydrogens is 248 g/mol. The second-order valence-corrected chi connectivity index (χ2v) is 6.14. The van der Waals surface area contributed by atoms with Crippen LogP contribution in [0.5, 0.6) is 0 Å². The summed E-state index contributed by atoms with van der Waals surface area (Å²) in [5.74, 6) is -0.952. The Labute approximate surface area is 113 Å². The van der Waals surface area contributed by atoms with Gasteiger partial charge in [-0.25, -0.2) is 9.59 Å². The van der Waals surface area contributed by atoms with Crippen LogP contribution in [-0.4, -0.2) is 62.8 Å². The molecule has 2 atom stereocenters. The van der Waals surface area contributed by atoms with E-state index in [9.17, 15) is 19.8 Å². The number of carbonyl (C=O) groups excluding carboxylic acids is 1. The lowest BCUT2D eigenvalue weighted by Crippen LogP contribution is -2.60. The van der Waals surface area contributed by atoms with Gasteiger partial charge in [0, 0.05) is 13.1 Å². The second-order valence-electron chi connectivity index (χ2n) is 6.14. The SMILES string of the molecule is CC1(O)CCN(C(=O)N2CCCCC2(C)C(=O)O)C1. The van der Waals surface area contributed by atoms with Crippen LogP contribution in [0.1, 0.15) is 39.5 Å². The van der Waals surface area contributed by atoms with Gasteiger partial charge < -0.3 is 20.0 Å². The normalized spacial score (nSPS) is 35.5. The lowest BCUT2D eigenvalue weighted by atomic mass is 9.89. The lowest BCUT2D eigenvalue weighted by molar-refractivity contribution is -0.150. The molecule has 2 amide bonds. The number of hydrogen-bond donors (Lipinski definition) is 2. The van der Waals surface area contributed by atoms with E-state index in [1.54, 1.807) is 18.7 Å². The Morgan fingerprint density at radius 2 is 1.79 bits per heavy atom. The quantitative estimate of drug-likeness (QED) is 0.741. The van der Waals surface area contributed by atoms with Crippen molar-refractivity contribution in [1.82, 2.24) is 9.80 Å². The minimum absolute atomic E-state index is 0.262. The zero-order valence-corrected chi connectivity index (χ0v) is 11.6. The molecule has 0 saturated carbocycles. The molecule has 2 N–H and O–H groups in total. The number of likely N-dealkylation sites (tertiary alicyclic amines) is 2. The molecule has 2 unspecified atom stereocenters. The molecule has 2 heterocycles. The molecule has 0 aromatic rings. The summed E-state index contributed by atoms with van der Waals surface area (Å²) in [6.07, 6.45) is 2.68. The van der Waals surface area contributed by atoms with Crippen LogP contribution < -0.4 is 0 Å². The standard InChI is InChI=1S/C13H22N2O4/c1-12(19)6-8-14(9-12)11(18)15-7-4-3-5-13(15,2)10(16)17/h19H,3-9H2,1-2H3,(H,16,17). The predicted octanol–water partition coefficient (Wildman–Crippen LogP) is 0.892. The molecule has 2 rings (SSSR count). The predicted molar refractivity (Wildman–Crippen MR) is 68.8 cm³/mol. The average molecular weight is 270 g/mol. The topological polar surface area (TPSA) is 81.1 Å². The number of carbonyl (C=O) groups is 2. The van der Waals surface area contributed by atoms with Crippen LogP contribution in [0.3, 0.4) is 0 Å². The number of urea groups is 1. The maximum atomic E-state index is 12.5. The maximum Gasteiger partial charge on any atom is 0.329 e. The third-order valence-corrected chi connectivity index (χ3v) is 4.30. The van der Waals surface area contributed by atoms with Gasteiger partial charge in [-0.1, -0.05) is 0 Å². The average Bonchev–Trinajstić information content (AvgIpc) is 2.69. The van der Waals surface area contributed by atoms with Crippen LogP contribution >= 0.6 is 0 Å². The highest BCUT2D eigenvalue weighted by molar-refractivity contribution is 5.86. The van der Waals surface area contributed by atoms with Crippen molar-refractivity contribution in [3.05, 3.63) is 0 Å². The smallest absolute Gasteiger partial charge is 0.329 e. The molecule has 2 saturated heterocycles. The van der Waals surface area contributed by atoms with Crippen molar-refractivity contribution in [2.45, 2.75) is 50.7 Å². The minimum Gasteiger partial charge on any atom is -0.480 e. The fourth-order valence-electron chi connectivity index (χ4n) is 2.93. The Bertz CT molecular complexity index is 396. The van der Waals surface area contributed by atoms with Gasteiger partial charge in [0.2, 0.25) is 0 Å². The maximum absolute atomic E-state index is 12.5. The molecule has 6 heteroatoms. The summed E-state index contributed by atoms with van der Waals surface area (Å²) in [5, 5.41) is 19.3. The number of aliphatic carboxylic acids is 1. The molecule has 0 aliphatic carbocycles. The van der Waals surface area contributed by atoms with Crippen molar-refractivity contribution in [1.29, 1.82) is 0 Å². The molecule has 19 heavy (non-hydrogen) atoms. The second kappa shape index (κ2) is 4.67. The van der Waals surface area contributed by atoms with Crippen molar-refractivity contribution in [3.8, 4) is 0 Å². The summed E-state index contributed by atoms with van der Waals surface area (Å²) in [4.78, 5) is 27.0. The van der Waals surface area contributed by atoms with Gasteiger partial charge in [-0.3, -0.25) is 0 Å². The Hall–Kier alpha value is -1.30. The number of carboxylic acids is 1. The summed E-state index contributed by atoms with van der Waals surface area (Å²) in [7, 11) is 0. The largest absolute Gasteiger partial charge is 0.480 e. The van der Waals surface area contributed by atoms with E-state index < -0.39 is 17.1 Å². The lowest BCUT2D eigenvalue weighted by Gasteiger charge is -2.43. The number of carboxylic acid groups (broad SMARTS) is 1. The van der Waals surface area contributed by atoms with Gasteiger partial charge in [-0.15, -0.1) is 0 Å². The highest BCUT2D eigenvalue weighted by atomic mass is 16.4. The third-order valence-electron chi connectivity index (χ3n) is 4.30. The van der Waals surface area contributed by atoms with Crippen LogP contribution in [0.25, 0.3) is 0 Å². The van der Waals surface area contributed by atoms with Gasteiger partial charge in [0.1, 0.15) is 5.54 Å². The number of hydrogen-bond acceptors (Lipinski definition) is 3. The number of piperidine rings is 1. The first kappa shape index (κ1) is 14.1. The first-order valence-corrected chi connectivity index (χ1v) is 6.79. The monoisotopic (exact) mass is 270 g/mol. The van der Waals surface area contributed by atoms with Crippen molar-refractivity contribution in [2.75, 3.05) is 19.6 Å². The van der Waals surface area contributed by atoms with Crippen LogP contribution in [0.4, 0.5) is 4.79 Å². The fourth-order valence-corrected chi connectivity index (χ4v) is 2.93. The molecule has 0 aromatic heterocycles. The van der Waals surface area contributed by atoms with Gasteiger partial charge in [-0.2, -0.15) is 0 Å². The highest BCUT2D eigenvalue weighted by Crippen LogP contribution is 2.31. The molecule has 2 aliphatic rings. The molecule has 108 valence electrons. The Morgan fingerprint density at radius 3 is 2.32 bits per heavy atom. The van der Waals surface area contributed by atoms with Crippen LogP contribution in [0.2, 0.25) is 0 Å². The third kappa shape index (κ3) is 2.54. The molecule has 0 spiro atoms. The Kier molecular flexibility index (Phi) is 3.47. The van der Waals surface area contributed by atoms with Crippen LogP contribution in [0.15, 0.2) is 0 Å². The number of rotatable bonds is 1. The highest BCUT2D eigenvalue weighted by Gasteiger charge is 2.47. The number of amides is 2. The zero-order valence-electron chi connectivity index (χ0n) is 11.6. The van der Waals surface area contributed by atoms with E-state index in [0.717, 1.165) is 12.8 Å². The van der Waals surface area contributed by atoms with E-state index in [0.29, 0.717) is 25.9 Å². The van der Waals surface area contributed by atoms with Crippen molar-refractivity contribution < 1.29 is 19.8 Å². The molecule has 2 fully saturated rings. The first-order chi connectivity index (χ1) is 8.76. The van der Waals surface area contributed by atoms with Gasteiger partial charge in [0.15, 0.2) is 0 Å². The van der Waals surface area contributed by atoms with E-state index >= 15 is 0 Å². The van der Waals surface area contributed by atoms with E-state index in [1.165, 1.54) is 4.90 Å². The first-order valence-electron chi connectivity index (χ1n) is 6.79. The van der Waals surface area contributed by atoms with E-state index in [2.05, 4.69) is 0 Å². The van der Waals surface area contributed by atoms with E-state index in [-0.39, 0.29) is 12.6 Å². The van der Waals surface area contributed by atoms with Crippen molar-refractivity contribution in [3.63, 3.8) is 0 Å². The molecule has 0 aromatic carbocycles. The molecule has 0 bridgehead atoms. The Morgan fingerprint density at radius 1 is 1.11 bits per heavy atom. The van der Waals surface area contributed by atoms with Crippen molar-refractivity contribution in [2.24, 2.45) is 0 Å². The molecular formula is C13H22N2O4. The minimum atomic E-state index is -1.12. The van der Waals surface area contributed by atoms with Crippen LogP contribution in [0, 0.1) is 0 Å². The van der Waals surface area contributed by atoms with E-state index in [4.69, 9.17) is 0 Å². The zero-order chi connectivity index (χ0) is 14.3. The molecule has 0 radical (unpaired) electrons. The van der Waals surface area contributed by atoms with E-state index in [1.807, 2.05) is 0 Å². The molecule has 2 aliphatic heterocycles. The summed E-state index contributed by atoms with van der Waals surface area (Å²) < 4.78 is 0. The number of nitrogens with zero attached hydrogens (tertiary/aromatic N) is 2. The summed E-state index contributed by atoms with van der Waals surface area (Å²) in [5.41, 5.74) is -1.98. The van der Waals surface area contributed by atoms with Gasteiger partial charge in [-0.05, 0) is 39.5 Å². The molecule has 6 nitrogen and oxygen atoms in total. The number of β-amino-alcohol motifs (C(OH)–C–C–N with tert-alkyl or cyclic N) is 1.